The molecule has 1 heterocycles. The predicted molar refractivity (Wildman–Crippen MR) is 133 cm³/mol. The predicted octanol–water partition coefficient (Wildman–Crippen LogP) is 5.51. The molecule has 1 saturated heterocycles. The summed E-state index contributed by atoms with van der Waals surface area (Å²) < 4.78 is 16.4. The third kappa shape index (κ3) is 4.69. The summed E-state index contributed by atoms with van der Waals surface area (Å²) in [6.07, 6.45) is 4.51. The molecule has 2 aliphatic rings. The number of ether oxygens (including phenoxy) is 3. The minimum atomic E-state index is -0.732. The number of aliphatic hydroxyl groups excluding tert-OH is 1. The third-order valence-corrected chi connectivity index (χ3v) is 6.89. The van der Waals surface area contributed by atoms with Gasteiger partial charge in [-0.05, 0) is 43.0 Å². The molecular weight excluding hydrogens is 470 g/mol. The minimum Gasteiger partial charge on any atom is -0.507 e. The Morgan fingerprint density at radius 2 is 1.71 bits per heavy atom. The van der Waals surface area contributed by atoms with E-state index in [2.05, 4.69) is 0 Å². The summed E-state index contributed by atoms with van der Waals surface area (Å²) in [5.41, 5.74) is 0.958. The van der Waals surface area contributed by atoms with Gasteiger partial charge in [0, 0.05) is 12.1 Å². The Kier molecular flexibility index (Phi) is 7.55. The first-order valence-electron chi connectivity index (χ1n) is 11.9. The van der Waals surface area contributed by atoms with Crippen molar-refractivity contribution in [2.24, 2.45) is 0 Å². The van der Waals surface area contributed by atoms with Crippen molar-refractivity contribution < 1.29 is 28.9 Å². The summed E-state index contributed by atoms with van der Waals surface area (Å²) in [4.78, 5) is 28.3. The first kappa shape index (κ1) is 24.9. The summed E-state index contributed by atoms with van der Waals surface area (Å²) in [5.74, 6) is -0.310. The maximum absolute atomic E-state index is 13.4. The average molecular weight is 500 g/mol. The molecule has 2 fully saturated rings. The SMILES string of the molecule is CCCOc1ccc(C2/C(=C(\O)c3cc(Cl)c(OC)cc3OC)C(=O)C(=O)N2C2CCCC2)cc1. The van der Waals surface area contributed by atoms with E-state index in [0.717, 1.165) is 37.7 Å². The Labute approximate surface area is 210 Å². The summed E-state index contributed by atoms with van der Waals surface area (Å²) >= 11 is 6.33. The number of nitrogens with zero attached hydrogens (tertiary/aromatic N) is 1. The van der Waals surface area contributed by atoms with Gasteiger partial charge in [-0.2, -0.15) is 0 Å². The van der Waals surface area contributed by atoms with Crippen LogP contribution in [0, 0.1) is 0 Å². The Morgan fingerprint density at radius 3 is 2.31 bits per heavy atom. The van der Waals surface area contributed by atoms with Gasteiger partial charge in [-0.3, -0.25) is 9.59 Å². The molecule has 35 heavy (non-hydrogen) atoms. The van der Waals surface area contributed by atoms with Crippen LogP contribution in [0.5, 0.6) is 17.2 Å². The van der Waals surface area contributed by atoms with Gasteiger partial charge in [0.05, 0.1) is 43.0 Å². The molecule has 1 saturated carbocycles. The zero-order valence-corrected chi connectivity index (χ0v) is 20.9. The highest BCUT2D eigenvalue weighted by atomic mass is 35.5. The van der Waals surface area contributed by atoms with Gasteiger partial charge >= 0.3 is 0 Å². The number of ketones is 1. The van der Waals surface area contributed by atoms with E-state index in [-0.39, 0.29) is 33.7 Å². The highest BCUT2D eigenvalue weighted by molar-refractivity contribution is 6.46. The van der Waals surface area contributed by atoms with Crippen LogP contribution in [0.2, 0.25) is 5.02 Å². The van der Waals surface area contributed by atoms with Crippen molar-refractivity contribution in [1.82, 2.24) is 4.90 Å². The molecule has 8 heteroatoms. The normalized spacial score (nSPS) is 19.9. The molecule has 0 radical (unpaired) electrons. The smallest absolute Gasteiger partial charge is 0.295 e. The van der Waals surface area contributed by atoms with Gasteiger partial charge in [-0.15, -0.1) is 0 Å². The maximum atomic E-state index is 13.4. The second kappa shape index (κ2) is 10.6. The number of carbonyl (C=O) groups is 2. The fourth-order valence-electron chi connectivity index (χ4n) is 4.89. The number of methoxy groups -OCH3 is 2. The average Bonchev–Trinajstić information content (AvgIpc) is 3.49. The number of benzene rings is 2. The van der Waals surface area contributed by atoms with E-state index < -0.39 is 17.7 Å². The van der Waals surface area contributed by atoms with E-state index in [1.165, 1.54) is 20.3 Å². The Bertz CT molecular complexity index is 1140. The summed E-state index contributed by atoms with van der Waals surface area (Å²) in [6, 6.07) is 9.55. The molecule has 2 aromatic rings. The lowest BCUT2D eigenvalue weighted by atomic mass is 9.94. The van der Waals surface area contributed by atoms with Crippen LogP contribution < -0.4 is 14.2 Å². The lowest BCUT2D eigenvalue weighted by Crippen LogP contribution is -2.37. The lowest BCUT2D eigenvalue weighted by Gasteiger charge is -2.31. The van der Waals surface area contributed by atoms with Crippen molar-refractivity contribution in [3.63, 3.8) is 0 Å². The number of amides is 1. The molecule has 7 nitrogen and oxygen atoms in total. The van der Waals surface area contributed by atoms with Crippen molar-refractivity contribution in [3.05, 3.63) is 58.1 Å². The molecule has 1 unspecified atom stereocenters. The molecule has 1 aliphatic carbocycles. The van der Waals surface area contributed by atoms with Gasteiger partial charge in [0.2, 0.25) is 0 Å². The standard InChI is InChI=1S/C27H30ClNO6/c1-4-13-35-18-11-9-16(10-12-18)24-23(26(31)27(32)29(24)17-7-5-6-8-17)25(30)19-14-20(28)22(34-3)15-21(19)33-2/h9-12,14-15,17,24,30H,4-8,13H2,1-3H3/b25-23+. The zero-order chi connectivity index (χ0) is 25.1. The number of likely N-dealkylation sites (tertiary alicyclic amines) is 1. The number of rotatable bonds is 8. The van der Waals surface area contributed by atoms with Crippen LogP contribution in [0.3, 0.4) is 0 Å². The van der Waals surface area contributed by atoms with Crippen molar-refractivity contribution in [2.45, 2.75) is 51.1 Å². The largest absolute Gasteiger partial charge is 0.507 e. The van der Waals surface area contributed by atoms with Crippen LogP contribution in [0.25, 0.3) is 5.76 Å². The van der Waals surface area contributed by atoms with Crippen LogP contribution in [-0.2, 0) is 9.59 Å². The van der Waals surface area contributed by atoms with Gasteiger partial charge in [0.15, 0.2) is 0 Å². The van der Waals surface area contributed by atoms with E-state index >= 15 is 0 Å². The first-order valence-corrected chi connectivity index (χ1v) is 12.2. The van der Waals surface area contributed by atoms with Crippen LogP contribution >= 0.6 is 11.6 Å². The molecular formula is C27H30ClNO6. The Morgan fingerprint density at radius 1 is 1.06 bits per heavy atom. The lowest BCUT2D eigenvalue weighted by molar-refractivity contribution is -0.141. The molecule has 1 amide bonds. The Hall–Kier alpha value is -3.19. The number of halogens is 1. The van der Waals surface area contributed by atoms with Gasteiger partial charge < -0.3 is 24.2 Å². The maximum Gasteiger partial charge on any atom is 0.295 e. The summed E-state index contributed by atoms with van der Waals surface area (Å²) in [5, 5.41) is 11.7. The van der Waals surface area contributed by atoms with E-state index in [9.17, 15) is 14.7 Å². The summed E-state index contributed by atoms with van der Waals surface area (Å²) in [6.45, 7) is 2.63. The monoisotopic (exact) mass is 499 g/mol. The Balaban J connectivity index is 1.86. The van der Waals surface area contributed by atoms with Gasteiger partial charge in [0.25, 0.3) is 11.7 Å². The molecule has 0 bridgehead atoms. The van der Waals surface area contributed by atoms with E-state index in [1.54, 1.807) is 11.0 Å². The van der Waals surface area contributed by atoms with E-state index in [4.69, 9.17) is 25.8 Å². The quantitative estimate of drug-likeness (QED) is 0.293. The van der Waals surface area contributed by atoms with Crippen molar-refractivity contribution in [3.8, 4) is 17.2 Å². The minimum absolute atomic E-state index is 0.0173. The molecule has 1 aliphatic heterocycles. The number of Topliss-reactive ketones (excluding diaryl/α,β-unsaturated/α-hetero) is 1. The van der Waals surface area contributed by atoms with Gasteiger partial charge in [-0.25, -0.2) is 0 Å². The van der Waals surface area contributed by atoms with Crippen LogP contribution in [0.4, 0.5) is 0 Å². The molecule has 2 aromatic carbocycles. The second-order valence-corrected chi connectivity index (χ2v) is 9.16. The number of hydrogen-bond donors (Lipinski definition) is 1. The zero-order valence-electron chi connectivity index (χ0n) is 20.2. The molecule has 0 aromatic heterocycles. The van der Waals surface area contributed by atoms with Gasteiger partial charge in [-0.1, -0.05) is 43.5 Å². The van der Waals surface area contributed by atoms with Crippen molar-refractivity contribution >= 4 is 29.1 Å². The fourth-order valence-corrected chi connectivity index (χ4v) is 5.13. The second-order valence-electron chi connectivity index (χ2n) is 8.75. The molecule has 1 atom stereocenters. The third-order valence-electron chi connectivity index (χ3n) is 6.60. The van der Waals surface area contributed by atoms with E-state index in [0.29, 0.717) is 18.1 Å². The van der Waals surface area contributed by atoms with Gasteiger partial charge in [0.1, 0.15) is 23.0 Å². The highest BCUT2D eigenvalue weighted by Crippen LogP contribution is 2.45. The highest BCUT2D eigenvalue weighted by Gasteiger charge is 2.49. The number of aliphatic hydroxyl groups is 1. The van der Waals surface area contributed by atoms with E-state index in [1.807, 2.05) is 31.2 Å². The topological polar surface area (TPSA) is 85.3 Å². The summed E-state index contributed by atoms with van der Waals surface area (Å²) in [7, 11) is 2.92. The van der Waals surface area contributed by atoms with Crippen LogP contribution in [0.15, 0.2) is 42.0 Å². The molecule has 4 rings (SSSR count). The first-order chi connectivity index (χ1) is 16.9. The molecule has 0 spiro atoms. The number of hydrogen-bond acceptors (Lipinski definition) is 6. The van der Waals surface area contributed by atoms with Crippen molar-refractivity contribution in [1.29, 1.82) is 0 Å². The fraction of sp³-hybridized carbons (Fsp3) is 0.407. The molecule has 186 valence electrons. The van der Waals surface area contributed by atoms with Crippen molar-refractivity contribution in [2.75, 3.05) is 20.8 Å². The number of carbonyl (C=O) groups excluding carboxylic acids is 2. The molecule has 1 N–H and O–H groups in total. The van der Waals surface area contributed by atoms with Crippen LogP contribution in [0.1, 0.15) is 56.2 Å². The van der Waals surface area contributed by atoms with Crippen LogP contribution in [-0.4, -0.2) is 48.6 Å².